The van der Waals surface area contributed by atoms with E-state index in [2.05, 4.69) is 40.0 Å². The number of amides is 2. The molecule has 1 heterocycles. The van der Waals surface area contributed by atoms with E-state index < -0.39 is 0 Å². The lowest BCUT2D eigenvalue weighted by atomic mass is 10.0. The summed E-state index contributed by atoms with van der Waals surface area (Å²) in [6.07, 6.45) is 0.613. The van der Waals surface area contributed by atoms with Gasteiger partial charge in [-0.05, 0) is 53.1 Å². The Morgan fingerprint density at radius 2 is 1.56 bits per heavy atom. The summed E-state index contributed by atoms with van der Waals surface area (Å²) in [4.78, 5) is 29.5. The minimum atomic E-state index is -0.126. The molecule has 0 aliphatic carbocycles. The number of hydrogen-bond donors (Lipinski definition) is 1. The van der Waals surface area contributed by atoms with E-state index in [9.17, 15) is 9.59 Å². The van der Waals surface area contributed by atoms with Gasteiger partial charge in [0.1, 0.15) is 0 Å². The topological polar surface area (TPSA) is 52.7 Å². The summed E-state index contributed by atoms with van der Waals surface area (Å²) in [6, 6.07) is 19.5. The third-order valence-corrected chi connectivity index (χ3v) is 6.51. The molecule has 1 aliphatic heterocycles. The third-order valence-electron chi connectivity index (χ3n) is 5.82. The second kappa shape index (κ2) is 9.74. The molecular formula is C26H28BrN3O2. The summed E-state index contributed by atoms with van der Waals surface area (Å²) in [5, 5.41) is 4.95. The van der Waals surface area contributed by atoms with Crippen LogP contribution in [0.25, 0.3) is 10.8 Å². The average molecular weight is 494 g/mol. The van der Waals surface area contributed by atoms with Gasteiger partial charge >= 0.3 is 0 Å². The van der Waals surface area contributed by atoms with Gasteiger partial charge in [0, 0.05) is 54.0 Å². The zero-order valence-electron chi connectivity index (χ0n) is 18.5. The molecule has 0 radical (unpaired) electrons. The number of anilines is 2. The van der Waals surface area contributed by atoms with Gasteiger partial charge in [0.05, 0.1) is 0 Å². The summed E-state index contributed by atoms with van der Waals surface area (Å²) < 4.78 is 0.972. The number of carbonyl (C=O) groups excluding carboxylic acids is 2. The maximum atomic E-state index is 12.9. The molecule has 0 aromatic heterocycles. The van der Waals surface area contributed by atoms with E-state index in [-0.39, 0.29) is 11.8 Å². The van der Waals surface area contributed by atoms with Crippen LogP contribution in [0.5, 0.6) is 0 Å². The first-order valence-corrected chi connectivity index (χ1v) is 11.8. The largest absolute Gasteiger partial charge is 0.368 e. The first kappa shape index (κ1) is 22.3. The van der Waals surface area contributed by atoms with Crippen molar-refractivity contribution in [2.24, 2.45) is 5.92 Å². The lowest BCUT2D eigenvalue weighted by Crippen LogP contribution is -2.49. The molecule has 32 heavy (non-hydrogen) atoms. The molecule has 4 rings (SSSR count). The fourth-order valence-electron chi connectivity index (χ4n) is 4.12. The van der Waals surface area contributed by atoms with E-state index in [1.165, 1.54) is 0 Å². The predicted molar refractivity (Wildman–Crippen MR) is 134 cm³/mol. The highest BCUT2D eigenvalue weighted by atomic mass is 79.9. The molecule has 1 aliphatic rings. The lowest BCUT2D eigenvalue weighted by Gasteiger charge is -2.36. The highest BCUT2D eigenvalue weighted by Gasteiger charge is 2.21. The van der Waals surface area contributed by atoms with Gasteiger partial charge in [-0.15, -0.1) is 0 Å². The molecule has 3 aromatic carbocycles. The van der Waals surface area contributed by atoms with Crippen LogP contribution in [0.15, 0.2) is 65.1 Å². The van der Waals surface area contributed by atoms with Crippen LogP contribution in [-0.4, -0.2) is 42.9 Å². The summed E-state index contributed by atoms with van der Waals surface area (Å²) in [7, 11) is 0. The number of carbonyl (C=O) groups is 2. The van der Waals surface area contributed by atoms with Gasteiger partial charge in [-0.2, -0.15) is 0 Å². The SMILES string of the molecule is CC(C)CC(=O)N1CCN(c2ccc(NC(=O)c3cccc4c(Br)cccc34)cc2)CC1. The highest BCUT2D eigenvalue weighted by molar-refractivity contribution is 9.10. The van der Waals surface area contributed by atoms with Crippen LogP contribution in [0.2, 0.25) is 0 Å². The lowest BCUT2D eigenvalue weighted by molar-refractivity contribution is -0.132. The van der Waals surface area contributed by atoms with E-state index in [0.717, 1.165) is 52.8 Å². The van der Waals surface area contributed by atoms with E-state index >= 15 is 0 Å². The summed E-state index contributed by atoms with van der Waals surface area (Å²) in [5.74, 6) is 0.510. The Morgan fingerprint density at radius 3 is 2.25 bits per heavy atom. The molecule has 1 saturated heterocycles. The number of fused-ring (bicyclic) bond motifs is 1. The standard InChI is InChI=1S/C26H28BrN3O2/c1-18(2)17-25(31)30-15-13-29(14-16-30)20-11-9-19(10-12-20)28-26(32)23-7-3-6-22-21(23)5-4-8-24(22)27/h3-12,18H,13-17H2,1-2H3,(H,28,32). The van der Waals surface area contributed by atoms with Crippen LogP contribution in [0.4, 0.5) is 11.4 Å². The van der Waals surface area contributed by atoms with Crippen molar-refractivity contribution in [1.29, 1.82) is 0 Å². The van der Waals surface area contributed by atoms with E-state index in [1.54, 1.807) is 0 Å². The van der Waals surface area contributed by atoms with Gasteiger partial charge in [0.25, 0.3) is 5.91 Å². The summed E-state index contributed by atoms with van der Waals surface area (Å²) >= 11 is 3.56. The van der Waals surface area contributed by atoms with Crippen molar-refractivity contribution in [2.45, 2.75) is 20.3 Å². The van der Waals surface area contributed by atoms with Crippen LogP contribution >= 0.6 is 15.9 Å². The fourth-order valence-corrected chi connectivity index (χ4v) is 4.61. The minimum absolute atomic E-state index is 0.126. The van der Waals surface area contributed by atoms with Crippen LogP contribution in [0.3, 0.4) is 0 Å². The monoisotopic (exact) mass is 493 g/mol. The van der Waals surface area contributed by atoms with Gasteiger partial charge in [-0.25, -0.2) is 0 Å². The van der Waals surface area contributed by atoms with Gasteiger partial charge in [0.2, 0.25) is 5.91 Å². The highest BCUT2D eigenvalue weighted by Crippen LogP contribution is 2.27. The van der Waals surface area contributed by atoms with Gasteiger partial charge < -0.3 is 15.1 Å². The fraction of sp³-hybridized carbons (Fsp3) is 0.308. The number of nitrogens with zero attached hydrogens (tertiary/aromatic N) is 2. The molecule has 1 N–H and O–H groups in total. The van der Waals surface area contributed by atoms with Gasteiger partial charge in [0.15, 0.2) is 0 Å². The second-order valence-electron chi connectivity index (χ2n) is 8.61. The molecule has 0 saturated carbocycles. The molecule has 0 unspecified atom stereocenters. The number of rotatable bonds is 5. The molecule has 3 aromatic rings. The normalized spacial score (nSPS) is 14.1. The smallest absolute Gasteiger partial charge is 0.256 e. The Bertz CT molecular complexity index is 1120. The van der Waals surface area contributed by atoms with Crippen molar-refractivity contribution < 1.29 is 9.59 Å². The van der Waals surface area contributed by atoms with Crippen molar-refractivity contribution in [2.75, 3.05) is 36.4 Å². The summed E-state index contributed by atoms with van der Waals surface area (Å²) in [5.41, 5.74) is 2.51. The Morgan fingerprint density at radius 1 is 0.906 bits per heavy atom. The molecule has 5 nitrogen and oxygen atoms in total. The van der Waals surface area contributed by atoms with Crippen molar-refractivity contribution in [3.8, 4) is 0 Å². The first-order chi connectivity index (χ1) is 15.4. The van der Waals surface area contributed by atoms with Crippen molar-refractivity contribution in [3.05, 3.63) is 70.7 Å². The summed E-state index contributed by atoms with van der Waals surface area (Å²) in [6.45, 7) is 7.30. The van der Waals surface area contributed by atoms with Gasteiger partial charge in [-0.1, -0.05) is 54.0 Å². The molecule has 6 heteroatoms. The number of halogens is 1. The van der Waals surface area contributed by atoms with Crippen LogP contribution in [0.1, 0.15) is 30.6 Å². The molecule has 166 valence electrons. The quantitative estimate of drug-likeness (QED) is 0.506. The molecule has 0 atom stereocenters. The maximum Gasteiger partial charge on any atom is 0.256 e. The Kier molecular flexibility index (Phi) is 6.80. The number of hydrogen-bond acceptors (Lipinski definition) is 3. The predicted octanol–water partition coefficient (Wildman–Crippen LogP) is 5.55. The number of benzene rings is 3. The van der Waals surface area contributed by atoms with Gasteiger partial charge in [-0.3, -0.25) is 9.59 Å². The van der Waals surface area contributed by atoms with Crippen LogP contribution in [-0.2, 0) is 4.79 Å². The van der Waals surface area contributed by atoms with Crippen LogP contribution in [0, 0.1) is 5.92 Å². The molecule has 0 bridgehead atoms. The van der Waals surface area contributed by atoms with E-state index in [1.807, 2.05) is 65.6 Å². The van der Waals surface area contributed by atoms with E-state index in [0.29, 0.717) is 17.9 Å². The number of nitrogens with one attached hydrogen (secondary N) is 1. The first-order valence-electron chi connectivity index (χ1n) is 11.0. The maximum absolute atomic E-state index is 12.9. The Hall–Kier alpha value is -2.86. The molecule has 2 amide bonds. The Balaban J connectivity index is 1.39. The van der Waals surface area contributed by atoms with E-state index in [4.69, 9.17) is 0 Å². The molecule has 1 fully saturated rings. The van der Waals surface area contributed by atoms with Crippen LogP contribution < -0.4 is 10.2 Å². The molecule has 0 spiro atoms. The van der Waals surface area contributed by atoms with Crippen molar-refractivity contribution >= 4 is 49.9 Å². The third kappa shape index (κ3) is 4.96. The average Bonchev–Trinajstić information content (AvgIpc) is 2.79. The Labute approximate surface area is 197 Å². The van der Waals surface area contributed by atoms with Crippen molar-refractivity contribution in [3.63, 3.8) is 0 Å². The number of piperazine rings is 1. The van der Waals surface area contributed by atoms with Crippen molar-refractivity contribution in [1.82, 2.24) is 4.90 Å². The zero-order chi connectivity index (χ0) is 22.7. The second-order valence-corrected chi connectivity index (χ2v) is 9.46. The molecular weight excluding hydrogens is 466 g/mol. The zero-order valence-corrected chi connectivity index (χ0v) is 20.1. The minimum Gasteiger partial charge on any atom is -0.368 e.